The van der Waals surface area contributed by atoms with Crippen molar-refractivity contribution in [3.05, 3.63) is 23.9 Å². The van der Waals surface area contributed by atoms with E-state index in [4.69, 9.17) is 4.52 Å². The van der Waals surface area contributed by atoms with Gasteiger partial charge in [0.15, 0.2) is 12.1 Å². The Morgan fingerprint density at radius 1 is 1.36 bits per heavy atom. The molecular formula is C8H6N4O2. The number of aldehydes is 1. The van der Waals surface area contributed by atoms with Gasteiger partial charge in [-0.05, 0) is 6.92 Å². The molecule has 6 heteroatoms. The Balaban J connectivity index is 2.38. The van der Waals surface area contributed by atoms with Crippen molar-refractivity contribution in [1.29, 1.82) is 0 Å². The van der Waals surface area contributed by atoms with Crippen LogP contribution in [-0.2, 0) is 0 Å². The average Bonchev–Trinajstić information content (AvgIpc) is 2.65. The van der Waals surface area contributed by atoms with Gasteiger partial charge >= 0.3 is 0 Å². The van der Waals surface area contributed by atoms with E-state index in [-0.39, 0.29) is 5.69 Å². The largest absolute Gasteiger partial charge is 0.332 e. The fourth-order valence-electron chi connectivity index (χ4n) is 0.910. The Morgan fingerprint density at radius 2 is 2.21 bits per heavy atom. The maximum absolute atomic E-state index is 10.3. The maximum atomic E-state index is 10.3. The molecule has 0 fully saturated rings. The third-order valence-corrected chi connectivity index (χ3v) is 1.54. The van der Waals surface area contributed by atoms with Gasteiger partial charge in [0.2, 0.25) is 0 Å². The van der Waals surface area contributed by atoms with E-state index in [2.05, 4.69) is 20.1 Å². The SMILES string of the molecule is Cc1noc(-c2cnc(C=O)cn2)n1. The highest BCUT2D eigenvalue weighted by molar-refractivity contribution is 5.71. The number of aryl methyl sites for hydroxylation is 1. The third kappa shape index (κ3) is 1.49. The summed E-state index contributed by atoms with van der Waals surface area (Å²) in [5.74, 6) is 0.828. The second kappa shape index (κ2) is 3.33. The Morgan fingerprint density at radius 3 is 2.71 bits per heavy atom. The fraction of sp³-hybridized carbons (Fsp3) is 0.125. The van der Waals surface area contributed by atoms with Crippen molar-refractivity contribution in [3.8, 4) is 11.6 Å². The normalized spacial score (nSPS) is 10.1. The molecule has 0 bridgehead atoms. The van der Waals surface area contributed by atoms with E-state index in [0.29, 0.717) is 23.7 Å². The first-order valence-corrected chi connectivity index (χ1v) is 3.87. The second-order valence-electron chi connectivity index (χ2n) is 2.59. The van der Waals surface area contributed by atoms with Crippen molar-refractivity contribution >= 4 is 6.29 Å². The molecule has 0 atom stereocenters. The quantitative estimate of drug-likeness (QED) is 0.646. The van der Waals surface area contributed by atoms with E-state index in [1.165, 1.54) is 12.4 Å². The number of rotatable bonds is 2. The highest BCUT2D eigenvalue weighted by Gasteiger charge is 2.07. The topological polar surface area (TPSA) is 81.8 Å². The van der Waals surface area contributed by atoms with E-state index < -0.39 is 0 Å². The lowest BCUT2D eigenvalue weighted by molar-refractivity contribution is 0.111. The number of aromatic nitrogens is 4. The van der Waals surface area contributed by atoms with E-state index in [9.17, 15) is 4.79 Å². The van der Waals surface area contributed by atoms with E-state index in [1.807, 2.05) is 0 Å². The first kappa shape index (κ1) is 8.49. The minimum Gasteiger partial charge on any atom is -0.332 e. The van der Waals surface area contributed by atoms with Crippen molar-refractivity contribution in [1.82, 2.24) is 20.1 Å². The molecule has 0 saturated heterocycles. The Hall–Kier alpha value is -2.11. The average molecular weight is 190 g/mol. The molecule has 70 valence electrons. The summed E-state index contributed by atoms with van der Waals surface area (Å²) in [5, 5.41) is 3.61. The lowest BCUT2D eigenvalue weighted by atomic mass is 10.4. The first-order valence-electron chi connectivity index (χ1n) is 3.87. The van der Waals surface area contributed by atoms with Crippen LogP contribution in [0.3, 0.4) is 0 Å². The zero-order valence-corrected chi connectivity index (χ0v) is 7.34. The number of carbonyl (C=O) groups is 1. The van der Waals surface area contributed by atoms with Crippen LogP contribution < -0.4 is 0 Å². The highest BCUT2D eigenvalue weighted by Crippen LogP contribution is 2.11. The van der Waals surface area contributed by atoms with Crippen LogP contribution in [0.25, 0.3) is 11.6 Å². The van der Waals surface area contributed by atoms with Crippen molar-refractivity contribution in [3.63, 3.8) is 0 Å². The van der Waals surface area contributed by atoms with Crippen LogP contribution in [0.1, 0.15) is 16.3 Å². The molecule has 6 nitrogen and oxygen atoms in total. The van der Waals surface area contributed by atoms with Gasteiger partial charge in [-0.2, -0.15) is 4.98 Å². The molecule has 2 aromatic heterocycles. The summed E-state index contributed by atoms with van der Waals surface area (Å²) in [6.45, 7) is 1.71. The second-order valence-corrected chi connectivity index (χ2v) is 2.59. The molecule has 0 saturated carbocycles. The van der Waals surface area contributed by atoms with Crippen molar-refractivity contribution < 1.29 is 9.32 Å². The molecule has 2 aromatic rings. The molecule has 0 aliphatic carbocycles. The fourth-order valence-corrected chi connectivity index (χ4v) is 0.910. The van der Waals surface area contributed by atoms with Gasteiger partial charge in [-0.3, -0.25) is 4.79 Å². The summed E-state index contributed by atoms with van der Waals surface area (Å²) in [6.07, 6.45) is 3.38. The number of hydrogen-bond donors (Lipinski definition) is 0. The van der Waals surface area contributed by atoms with Crippen molar-refractivity contribution in [2.45, 2.75) is 6.92 Å². The van der Waals surface area contributed by atoms with E-state index in [0.717, 1.165) is 0 Å². The van der Waals surface area contributed by atoms with Crippen molar-refractivity contribution in [2.24, 2.45) is 0 Å². The van der Waals surface area contributed by atoms with E-state index in [1.54, 1.807) is 6.92 Å². The molecule has 0 unspecified atom stereocenters. The molecule has 0 spiro atoms. The lowest BCUT2D eigenvalue weighted by Gasteiger charge is -1.91. The van der Waals surface area contributed by atoms with Crippen LogP contribution in [0.2, 0.25) is 0 Å². The maximum Gasteiger partial charge on any atom is 0.278 e. The standard InChI is InChI=1S/C8H6N4O2/c1-5-11-8(14-12-5)7-3-9-6(4-13)2-10-7/h2-4H,1H3. The number of nitrogens with zero attached hydrogens (tertiary/aromatic N) is 4. The van der Waals surface area contributed by atoms with Gasteiger partial charge in [0.05, 0.1) is 12.4 Å². The van der Waals surface area contributed by atoms with Crippen LogP contribution in [-0.4, -0.2) is 26.4 Å². The summed E-state index contributed by atoms with van der Waals surface area (Å²) in [7, 11) is 0. The first-order chi connectivity index (χ1) is 6.79. The summed E-state index contributed by atoms with van der Waals surface area (Å²) >= 11 is 0. The molecule has 14 heavy (non-hydrogen) atoms. The Kier molecular flexibility index (Phi) is 2.02. The molecule has 0 amide bonds. The smallest absolute Gasteiger partial charge is 0.278 e. The van der Waals surface area contributed by atoms with Crippen LogP contribution >= 0.6 is 0 Å². The van der Waals surface area contributed by atoms with Crippen LogP contribution in [0.5, 0.6) is 0 Å². The zero-order valence-electron chi connectivity index (χ0n) is 7.34. The summed E-state index contributed by atoms with van der Waals surface area (Å²) < 4.78 is 4.87. The predicted molar refractivity (Wildman–Crippen MR) is 45.4 cm³/mol. The van der Waals surface area contributed by atoms with Crippen LogP contribution in [0, 0.1) is 6.92 Å². The zero-order chi connectivity index (χ0) is 9.97. The predicted octanol–water partition coefficient (Wildman–Crippen LogP) is 0.648. The molecule has 0 N–H and O–H groups in total. The molecule has 0 aliphatic rings. The molecule has 0 aromatic carbocycles. The Labute approximate surface area is 79.0 Å². The van der Waals surface area contributed by atoms with Crippen LogP contribution in [0.15, 0.2) is 16.9 Å². The van der Waals surface area contributed by atoms with Crippen LogP contribution in [0.4, 0.5) is 0 Å². The molecule has 2 rings (SSSR count). The number of hydrogen-bond acceptors (Lipinski definition) is 6. The molecule has 0 radical (unpaired) electrons. The number of carbonyl (C=O) groups excluding carboxylic acids is 1. The molecule has 0 aliphatic heterocycles. The summed E-state index contributed by atoms with van der Waals surface area (Å²) in [6, 6.07) is 0. The van der Waals surface area contributed by atoms with Gasteiger partial charge in [0.1, 0.15) is 11.4 Å². The third-order valence-electron chi connectivity index (χ3n) is 1.54. The van der Waals surface area contributed by atoms with Gasteiger partial charge < -0.3 is 4.52 Å². The molecule has 2 heterocycles. The van der Waals surface area contributed by atoms with Gasteiger partial charge in [-0.15, -0.1) is 0 Å². The lowest BCUT2D eigenvalue weighted by Crippen LogP contribution is -1.91. The monoisotopic (exact) mass is 190 g/mol. The van der Waals surface area contributed by atoms with Gasteiger partial charge in [0, 0.05) is 0 Å². The summed E-state index contributed by atoms with van der Waals surface area (Å²) in [4.78, 5) is 22.0. The van der Waals surface area contributed by atoms with Gasteiger partial charge in [0.25, 0.3) is 5.89 Å². The summed E-state index contributed by atoms with van der Waals surface area (Å²) in [5.41, 5.74) is 0.723. The minimum atomic E-state index is 0.269. The van der Waals surface area contributed by atoms with Gasteiger partial charge in [-0.25, -0.2) is 9.97 Å². The molecular weight excluding hydrogens is 184 g/mol. The van der Waals surface area contributed by atoms with E-state index >= 15 is 0 Å². The van der Waals surface area contributed by atoms with Gasteiger partial charge in [-0.1, -0.05) is 5.16 Å². The minimum absolute atomic E-state index is 0.269. The highest BCUT2D eigenvalue weighted by atomic mass is 16.5. The van der Waals surface area contributed by atoms with Crippen molar-refractivity contribution in [2.75, 3.05) is 0 Å². The Bertz CT molecular complexity index is 449.